The fraction of sp³-hybridized carbons (Fsp3) is 0.444. The number of aryl methyl sites for hydroxylation is 2. The van der Waals surface area contributed by atoms with Crippen LogP contribution in [-0.2, 0) is 16.4 Å². The number of hydrogen-bond donors (Lipinski definition) is 0. The number of hydrogen-bond acceptors (Lipinski definition) is 5. The first kappa shape index (κ1) is 17.8. The van der Waals surface area contributed by atoms with Crippen molar-refractivity contribution in [2.45, 2.75) is 44.1 Å². The largest absolute Gasteiger partial charge is 0.474 e. The lowest BCUT2D eigenvalue weighted by Gasteiger charge is -2.31. The van der Waals surface area contributed by atoms with Crippen molar-refractivity contribution in [1.29, 1.82) is 0 Å². The van der Waals surface area contributed by atoms with Crippen LogP contribution in [0, 0.1) is 6.92 Å². The third-order valence-electron chi connectivity index (χ3n) is 4.41. The van der Waals surface area contributed by atoms with E-state index in [2.05, 4.69) is 9.97 Å². The first-order chi connectivity index (χ1) is 12.0. The van der Waals surface area contributed by atoms with Crippen LogP contribution in [0.15, 0.2) is 41.4 Å². The van der Waals surface area contributed by atoms with E-state index in [9.17, 15) is 8.42 Å². The van der Waals surface area contributed by atoms with Crippen molar-refractivity contribution in [3.05, 3.63) is 47.9 Å². The Morgan fingerprint density at radius 2 is 1.84 bits per heavy atom. The van der Waals surface area contributed by atoms with Crippen molar-refractivity contribution < 1.29 is 13.2 Å². The standard InChI is InChI=1S/C18H23N3O3S/c1-3-15-4-6-17(7-5-15)25(22,23)21-12-9-16(10-13-21)24-18-8-11-19-14(2)20-18/h4-8,11,16H,3,9-10,12-13H2,1-2H3. The summed E-state index contributed by atoms with van der Waals surface area (Å²) >= 11 is 0. The van der Waals surface area contributed by atoms with Crippen molar-refractivity contribution in [3.63, 3.8) is 0 Å². The summed E-state index contributed by atoms with van der Waals surface area (Å²) in [5.41, 5.74) is 1.13. The lowest BCUT2D eigenvalue weighted by molar-refractivity contribution is 0.129. The fourth-order valence-corrected chi connectivity index (χ4v) is 4.38. The molecule has 25 heavy (non-hydrogen) atoms. The normalized spacial score (nSPS) is 16.7. The SMILES string of the molecule is CCc1ccc(S(=O)(=O)N2CCC(Oc3ccnc(C)n3)CC2)cc1. The van der Waals surface area contributed by atoms with Crippen LogP contribution in [0.1, 0.15) is 31.2 Å². The van der Waals surface area contributed by atoms with Crippen molar-refractivity contribution in [2.24, 2.45) is 0 Å². The molecule has 0 aliphatic carbocycles. The number of piperidine rings is 1. The highest BCUT2D eigenvalue weighted by Gasteiger charge is 2.30. The fourth-order valence-electron chi connectivity index (χ4n) is 2.91. The average Bonchev–Trinajstić information content (AvgIpc) is 2.62. The molecule has 2 heterocycles. The van der Waals surface area contributed by atoms with E-state index < -0.39 is 10.0 Å². The van der Waals surface area contributed by atoms with E-state index >= 15 is 0 Å². The van der Waals surface area contributed by atoms with E-state index in [0.29, 0.717) is 42.5 Å². The summed E-state index contributed by atoms with van der Waals surface area (Å²) in [5.74, 6) is 1.21. The molecular formula is C18H23N3O3S. The highest BCUT2D eigenvalue weighted by molar-refractivity contribution is 7.89. The Balaban J connectivity index is 1.62. The predicted molar refractivity (Wildman–Crippen MR) is 95.0 cm³/mol. The molecule has 3 rings (SSSR count). The first-order valence-corrected chi connectivity index (χ1v) is 9.98. The summed E-state index contributed by atoms with van der Waals surface area (Å²) in [5, 5.41) is 0. The second kappa shape index (κ2) is 7.49. The van der Waals surface area contributed by atoms with Gasteiger partial charge in [0.15, 0.2) is 0 Å². The van der Waals surface area contributed by atoms with Gasteiger partial charge in [0.05, 0.1) is 4.90 Å². The molecule has 0 spiro atoms. The maximum absolute atomic E-state index is 12.8. The molecule has 6 nitrogen and oxygen atoms in total. The molecule has 1 aliphatic rings. The number of nitrogens with zero attached hydrogens (tertiary/aromatic N) is 3. The molecule has 1 aliphatic heterocycles. The van der Waals surface area contributed by atoms with Crippen molar-refractivity contribution in [1.82, 2.24) is 14.3 Å². The molecule has 1 aromatic carbocycles. The maximum Gasteiger partial charge on any atom is 0.243 e. The highest BCUT2D eigenvalue weighted by atomic mass is 32.2. The second-order valence-corrected chi connectivity index (χ2v) is 8.10. The van der Waals surface area contributed by atoms with Crippen molar-refractivity contribution in [3.8, 4) is 5.88 Å². The second-order valence-electron chi connectivity index (χ2n) is 6.16. The predicted octanol–water partition coefficient (Wildman–Crippen LogP) is 2.58. The van der Waals surface area contributed by atoms with Gasteiger partial charge in [0.25, 0.3) is 0 Å². The molecule has 0 N–H and O–H groups in total. The number of ether oxygens (including phenoxy) is 1. The van der Waals surface area contributed by atoms with Gasteiger partial charge < -0.3 is 4.74 Å². The van der Waals surface area contributed by atoms with Gasteiger partial charge in [-0.3, -0.25) is 0 Å². The van der Waals surface area contributed by atoms with Crippen LogP contribution in [0.3, 0.4) is 0 Å². The van der Waals surface area contributed by atoms with Crippen LogP contribution in [0.4, 0.5) is 0 Å². The minimum absolute atomic E-state index is 0.0248. The van der Waals surface area contributed by atoms with E-state index in [-0.39, 0.29) is 6.10 Å². The molecule has 2 aromatic rings. The summed E-state index contributed by atoms with van der Waals surface area (Å²) in [6.45, 7) is 4.76. The van der Waals surface area contributed by atoms with E-state index in [0.717, 1.165) is 12.0 Å². The Labute approximate surface area is 148 Å². The topological polar surface area (TPSA) is 72.4 Å². The van der Waals surface area contributed by atoms with E-state index in [1.165, 1.54) is 0 Å². The number of aromatic nitrogens is 2. The molecule has 0 bridgehead atoms. The van der Waals surface area contributed by atoms with Crippen LogP contribution < -0.4 is 4.74 Å². The molecular weight excluding hydrogens is 338 g/mol. The van der Waals surface area contributed by atoms with Crippen LogP contribution >= 0.6 is 0 Å². The van der Waals surface area contributed by atoms with Crippen LogP contribution in [0.5, 0.6) is 5.88 Å². The van der Waals surface area contributed by atoms with E-state index in [1.807, 2.05) is 26.0 Å². The number of rotatable bonds is 5. The van der Waals surface area contributed by atoms with Crippen LogP contribution in [0.2, 0.25) is 0 Å². The first-order valence-electron chi connectivity index (χ1n) is 8.54. The summed E-state index contributed by atoms with van der Waals surface area (Å²) < 4.78 is 32.9. The van der Waals surface area contributed by atoms with Crippen molar-refractivity contribution >= 4 is 10.0 Å². The Kier molecular flexibility index (Phi) is 5.34. The zero-order valence-corrected chi connectivity index (χ0v) is 15.4. The van der Waals surface area contributed by atoms with Gasteiger partial charge in [-0.05, 0) is 43.9 Å². The zero-order valence-electron chi connectivity index (χ0n) is 14.6. The smallest absolute Gasteiger partial charge is 0.243 e. The highest BCUT2D eigenvalue weighted by Crippen LogP contribution is 2.23. The molecule has 0 amide bonds. The average molecular weight is 361 g/mol. The molecule has 0 radical (unpaired) electrons. The quantitative estimate of drug-likeness (QED) is 0.818. The van der Waals surface area contributed by atoms with Gasteiger partial charge in [0.2, 0.25) is 15.9 Å². The molecule has 1 fully saturated rings. The van der Waals surface area contributed by atoms with E-state index in [4.69, 9.17) is 4.74 Å². The summed E-state index contributed by atoms with van der Waals surface area (Å²) in [6.07, 6.45) is 3.83. The van der Waals surface area contributed by atoms with Crippen LogP contribution in [0.25, 0.3) is 0 Å². The molecule has 0 saturated carbocycles. The van der Waals surface area contributed by atoms with Gasteiger partial charge in [-0.2, -0.15) is 9.29 Å². The minimum Gasteiger partial charge on any atom is -0.474 e. The van der Waals surface area contributed by atoms with E-state index in [1.54, 1.807) is 28.7 Å². The molecule has 0 atom stereocenters. The minimum atomic E-state index is -3.44. The Morgan fingerprint density at radius 1 is 1.16 bits per heavy atom. The third-order valence-corrected chi connectivity index (χ3v) is 6.32. The van der Waals surface area contributed by atoms with Gasteiger partial charge in [-0.15, -0.1) is 0 Å². The van der Waals surface area contributed by atoms with Gasteiger partial charge in [0, 0.05) is 25.4 Å². The van der Waals surface area contributed by atoms with Gasteiger partial charge in [0.1, 0.15) is 11.9 Å². The Bertz CT molecular complexity index is 814. The maximum atomic E-state index is 12.8. The summed E-state index contributed by atoms with van der Waals surface area (Å²) in [4.78, 5) is 8.64. The molecule has 7 heteroatoms. The van der Waals surface area contributed by atoms with Gasteiger partial charge >= 0.3 is 0 Å². The molecule has 134 valence electrons. The number of sulfonamides is 1. The molecule has 1 aromatic heterocycles. The molecule has 1 saturated heterocycles. The zero-order chi connectivity index (χ0) is 17.9. The lowest BCUT2D eigenvalue weighted by Crippen LogP contribution is -2.41. The number of benzene rings is 1. The van der Waals surface area contributed by atoms with Gasteiger partial charge in [-0.1, -0.05) is 19.1 Å². The monoisotopic (exact) mass is 361 g/mol. The summed E-state index contributed by atoms with van der Waals surface area (Å²) in [7, 11) is -3.44. The van der Waals surface area contributed by atoms with Crippen LogP contribution in [-0.4, -0.2) is 41.9 Å². The summed E-state index contributed by atoms with van der Waals surface area (Å²) in [6, 6.07) is 8.87. The third kappa shape index (κ3) is 4.16. The Hall–Kier alpha value is -1.99. The van der Waals surface area contributed by atoms with Gasteiger partial charge in [-0.25, -0.2) is 13.4 Å². The Morgan fingerprint density at radius 3 is 2.44 bits per heavy atom. The van der Waals surface area contributed by atoms with Crippen molar-refractivity contribution in [2.75, 3.05) is 13.1 Å². The molecule has 0 unspecified atom stereocenters. The lowest BCUT2D eigenvalue weighted by atomic mass is 10.1.